The molecular formula is C11H23N. The van der Waals surface area contributed by atoms with E-state index < -0.39 is 0 Å². The Morgan fingerprint density at radius 3 is 2.58 bits per heavy atom. The van der Waals surface area contributed by atoms with Crippen LogP contribution in [0.15, 0.2) is 0 Å². The second-order valence-electron chi connectivity index (χ2n) is 4.14. The molecular weight excluding hydrogens is 146 g/mol. The predicted octanol–water partition coefficient (Wildman–Crippen LogP) is 2.95. The summed E-state index contributed by atoms with van der Waals surface area (Å²) < 4.78 is 0. The standard InChI is InChI=1S/C11H23N/c1-3-4-9-12-10(2)11-7-5-6-8-11/h10-12H,3-9H2,1-2H3. The molecule has 1 aliphatic carbocycles. The molecule has 1 heteroatoms. The molecule has 1 saturated carbocycles. The van der Waals surface area contributed by atoms with Gasteiger partial charge >= 0.3 is 0 Å². The second-order valence-corrected chi connectivity index (χ2v) is 4.14. The minimum absolute atomic E-state index is 0.763. The topological polar surface area (TPSA) is 12.0 Å². The van der Waals surface area contributed by atoms with Crippen LogP contribution in [0.25, 0.3) is 0 Å². The fourth-order valence-electron chi connectivity index (χ4n) is 2.13. The molecule has 0 heterocycles. The van der Waals surface area contributed by atoms with Gasteiger partial charge in [-0.25, -0.2) is 0 Å². The van der Waals surface area contributed by atoms with E-state index in [0.29, 0.717) is 0 Å². The van der Waals surface area contributed by atoms with Gasteiger partial charge in [0.1, 0.15) is 0 Å². The summed E-state index contributed by atoms with van der Waals surface area (Å²) in [5, 5.41) is 3.63. The molecule has 1 atom stereocenters. The Kier molecular flexibility index (Phi) is 4.67. The molecule has 0 amide bonds. The van der Waals surface area contributed by atoms with Crippen LogP contribution in [0.5, 0.6) is 0 Å². The molecule has 1 fully saturated rings. The smallest absolute Gasteiger partial charge is 0.00669 e. The van der Waals surface area contributed by atoms with Crippen LogP contribution in [0.3, 0.4) is 0 Å². The quantitative estimate of drug-likeness (QED) is 0.624. The van der Waals surface area contributed by atoms with Crippen LogP contribution in [0.1, 0.15) is 52.4 Å². The first-order valence-corrected chi connectivity index (χ1v) is 5.58. The van der Waals surface area contributed by atoms with Gasteiger partial charge in [0.2, 0.25) is 0 Å². The van der Waals surface area contributed by atoms with Gasteiger partial charge in [0.15, 0.2) is 0 Å². The fraction of sp³-hybridized carbons (Fsp3) is 1.00. The van der Waals surface area contributed by atoms with Crippen molar-refractivity contribution in [2.75, 3.05) is 6.54 Å². The molecule has 0 spiro atoms. The highest BCUT2D eigenvalue weighted by Gasteiger charge is 2.20. The molecule has 1 N–H and O–H groups in total. The molecule has 1 rings (SSSR count). The zero-order valence-electron chi connectivity index (χ0n) is 8.60. The number of rotatable bonds is 5. The number of hydrogen-bond acceptors (Lipinski definition) is 1. The summed E-state index contributed by atoms with van der Waals surface area (Å²) in [5.41, 5.74) is 0. The number of unbranched alkanes of at least 4 members (excludes halogenated alkanes) is 1. The van der Waals surface area contributed by atoms with E-state index in [0.717, 1.165) is 12.0 Å². The molecule has 0 aromatic heterocycles. The fourth-order valence-corrected chi connectivity index (χ4v) is 2.13. The van der Waals surface area contributed by atoms with Crippen molar-refractivity contribution in [3.63, 3.8) is 0 Å². The first-order valence-electron chi connectivity index (χ1n) is 5.58. The summed E-state index contributed by atoms with van der Waals surface area (Å²) in [6, 6.07) is 0.763. The Labute approximate surface area is 76.9 Å². The second kappa shape index (κ2) is 5.58. The van der Waals surface area contributed by atoms with Gasteiger partial charge in [-0.2, -0.15) is 0 Å². The molecule has 72 valence electrons. The van der Waals surface area contributed by atoms with Crippen LogP contribution in [-0.2, 0) is 0 Å². The zero-order valence-corrected chi connectivity index (χ0v) is 8.60. The van der Waals surface area contributed by atoms with E-state index in [1.165, 1.54) is 45.1 Å². The molecule has 12 heavy (non-hydrogen) atoms. The van der Waals surface area contributed by atoms with Crippen LogP contribution < -0.4 is 5.32 Å². The van der Waals surface area contributed by atoms with Crippen molar-refractivity contribution in [1.82, 2.24) is 5.32 Å². The zero-order chi connectivity index (χ0) is 8.81. The lowest BCUT2D eigenvalue weighted by Crippen LogP contribution is -2.32. The van der Waals surface area contributed by atoms with E-state index in [2.05, 4.69) is 19.2 Å². The molecule has 0 aromatic carbocycles. The van der Waals surface area contributed by atoms with Crippen molar-refractivity contribution in [3.05, 3.63) is 0 Å². The molecule has 0 aromatic rings. The average molecular weight is 169 g/mol. The van der Waals surface area contributed by atoms with E-state index in [1.807, 2.05) is 0 Å². The van der Waals surface area contributed by atoms with Gasteiger partial charge in [-0.3, -0.25) is 0 Å². The number of nitrogens with one attached hydrogen (secondary N) is 1. The lowest BCUT2D eigenvalue weighted by atomic mass is 10.00. The van der Waals surface area contributed by atoms with Gasteiger partial charge in [-0.05, 0) is 38.6 Å². The Balaban J connectivity index is 2.05. The third kappa shape index (κ3) is 3.14. The minimum Gasteiger partial charge on any atom is -0.314 e. The highest BCUT2D eigenvalue weighted by atomic mass is 14.9. The summed E-state index contributed by atoms with van der Waals surface area (Å²) in [4.78, 5) is 0. The Morgan fingerprint density at radius 2 is 2.00 bits per heavy atom. The van der Waals surface area contributed by atoms with E-state index in [1.54, 1.807) is 0 Å². The Hall–Kier alpha value is -0.0400. The summed E-state index contributed by atoms with van der Waals surface area (Å²) >= 11 is 0. The lowest BCUT2D eigenvalue weighted by molar-refractivity contribution is 0.380. The summed E-state index contributed by atoms with van der Waals surface area (Å²) in [5.74, 6) is 0.974. The van der Waals surface area contributed by atoms with Gasteiger partial charge in [0.25, 0.3) is 0 Å². The predicted molar refractivity (Wildman–Crippen MR) is 54.3 cm³/mol. The SMILES string of the molecule is CCCCNC(C)C1CCCC1. The monoisotopic (exact) mass is 169 g/mol. The van der Waals surface area contributed by atoms with Crippen molar-refractivity contribution in [2.24, 2.45) is 5.92 Å². The first kappa shape index (κ1) is 10.0. The molecule has 0 bridgehead atoms. The average Bonchev–Trinajstić information content (AvgIpc) is 2.56. The van der Waals surface area contributed by atoms with Crippen LogP contribution in [0.2, 0.25) is 0 Å². The molecule has 1 nitrogen and oxygen atoms in total. The highest BCUT2D eigenvalue weighted by molar-refractivity contribution is 4.76. The van der Waals surface area contributed by atoms with Crippen molar-refractivity contribution < 1.29 is 0 Å². The summed E-state index contributed by atoms with van der Waals surface area (Å²) in [6.07, 6.45) is 8.48. The maximum atomic E-state index is 3.63. The molecule has 1 aliphatic rings. The third-order valence-corrected chi connectivity index (χ3v) is 3.10. The normalized spacial score (nSPS) is 21.5. The maximum absolute atomic E-state index is 3.63. The largest absolute Gasteiger partial charge is 0.314 e. The van der Waals surface area contributed by atoms with Crippen LogP contribution in [0, 0.1) is 5.92 Å². The van der Waals surface area contributed by atoms with Gasteiger partial charge in [-0.15, -0.1) is 0 Å². The molecule has 1 unspecified atom stereocenters. The first-order chi connectivity index (χ1) is 5.84. The number of hydrogen-bond donors (Lipinski definition) is 1. The minimum atomic E-state index is 0.763. The van der Waals surface area contributed by atoms with Gasteiger partial charge in [0.05, 0.1) is 0 Å². The Morgan fingerprint density at radius 1 is 1.33 bits per heavy atom. The summed E-state index contributed by atoms with van der Waals surface area (Å²) in [7, 11) is 0. The van der Waals surface area contributed by atoms with Crippen molar-refractivity contribution in [1.29, 1.82) is 0 Å². The van der Waals surface area contributed by atoms with E-state index >= 15 is 0 Å². The van der Waals surface area contributed by atoms with Crippen molar-refractivity contribution in [2.45, 2.75) is 58.4 Å². The molecule has 0 saturated heterocycles. The molecule has 0 radical (unpaired) electrons. The van der Waals surface area contributed by atoms with Crippen LogP contribution in [0.4, 0.5) is 0 Å². The Bertz CT molecular complexity index is 106. The molecule has 0 aliphatic heterocycles. The van der Waals surface area contributed by atoms with E-state index in [-0.39, 0.29) is 0 Å². The van der Waals surface area contributed by atoms with Crippen LogP contribution in [-0.4, -0.2) is 12.6 Å². The van der Waals surface area contributed by atoms with E-state index in [4.69, 9.17) is 0 Å². The summed E-state index contributed by atoms with van der Waals surface area (Å²) in [6.45, 7) is 5.82. The van der Waals surface area contributed by atoms with E-state index in [9.17, 15) is 0 Å². The lowest BCUT2D eigenvalue weighted by Gasteiger charge is -2.20. The third-order valence-electron chi connectivity index (χ3n) is 3.10. The highest BCUT2D eigenvalue weighted by Crippen LogP contribution is 2.27. The maximum Gasteiger partial charge on any atom is 0.00669 e. The van der Waals surface area contributed by atoms with Crippen molar-refractivity contribution in [3.8, 4) is 0 Å². The van der Waals surface area contributed by atoms with Crippen molar-refractivity contribution >= 4 is 0 Å². The van der Waals surface area contributed by atoms with Gasteiger partial charge in [0, 0.05) is 6.04 Å². The van der Waals surface area contributed by atoms with Crippen LogP contribution >= 0.6 is 0 Å². The van der Waals surface area contributed by atoms with Gasteiger partial charge < -0.3 is 5.32 Å². The van der Waals surface area contributed by atoms with Gasteiger partial charge in [-0.1, -0.05) is 26.2 Å².